The van der Waals surface area contributed by atoms with Crippen molar-refractivity contribution in [3.8, 4) is 0 Å². The van der Waals surface area contributed by atoms with Gasteiger partial charge >= 0.3 is 0 Å². The van der Waals surface area contributed by atoms with Gasteiger partial charge in [0.1, 0.15) is 0 Å². The van der Waals surface area contributed by atoms with Crippen LogP contribution in [0.2, 0.25) is 0 Å². The summed E-state index contributed by atoms with van der Waals surface area (Å²) in [6.45, 7) is 2.28. The zero-order valence-corrected chi connectivity index (χ0v) is 12.6. The van der Waals surface area contributed by atoms with Crippen molar-refractivity contribution in [1.82, 2.24) is 10.3 Å². The molecular weight excluding hydrogens is 278 g/mol. The summed E-state index contributed by atoms with van der Waals surface area (Å²) in [5.74, 6) is -0.175. The molecule has 0 bridgehead atoms. The zero-order chi connectivity index (χ0) is 15.8. The van der Waals surface area contributed by atoms with E-state index in [1.807, 2.05) is 31.2 Å². The first kappa shape index (κ1) is 16.0. The van der Waals surface area contributed by atoms with Crippen LogP contribution in [0.25, 0.3) is 0 Å². The fourth-order valence-corrected chi connectivity index (χ4v) is 2.05. The predicted octanol–water partition coefficient (Wildman–Crippen LogP) is 2.72. The van der Waals surface area contributed by atoms with E-state index in [4.69, 9.17) is 0 Å². The molecule has 1 atom stereocenters. The largest absolute Gasteiger partial charge is 0.391 e. The van der Waals surface area contributed by atoms with Crippen LogP contribution in [-0.4, -0.2) is 28.6 Å². The summed E-state index contributed by atoms with van der Waals surface area (Å²) < 4.78 is 0. The lowest BCUT2D eigenvalue weighted by atomic mass is 10.1. The van der Waals surface area contributed by atoms with Gasteiger partial charge in [0.2, 0.25) is 0 Å². The normalized spacial score (nSPS) is 11.7. The minimum Gasteiger partial charge on any atom is -0.391 e. The predicted molar refractivity (Wildman–Crippen MR) is 87.2 cm³/mol. The van der Waals surface area contributed by atoms with Crippen LogP contribution in [0, 0.1) is 0 Å². The third-order valence-electron chi connectivity index (χ3n) is 3.24. The monoisotopic (exact) mass is 299 g/mol. The maximum Gasteiger partial charge on any atom is 0.251 e. The summed E-state index contributed by atoms with van der Waals surface area (Å²) >= 11 is 0. The van der Waals surface area contributed by atoms with Crippen LogP contribution >= 0.6 is 0 Å². The fourth-order valence-electron chi connectivity index (χ4n) is 2.05. The number of aliphatic hydroxyl groups excluding tert-OH is 1. The van der Waals surface area contributed by atoms with Gasteiger partial charge in [0, 0.05) is 35.9 Å². The molecule has 22 heavy (non-hydrogen) atoms. The van der Waals surface area contributed by atoms with E-state index in [2.05, 4.69) is 15.6 Å². The number of hydrogen-bond acceptors (Lipinski definition) is 4. The first-order valence-electron chi connectivity index (χ1n) is 7.42. The number of rotatable bonds is 7. The lowest BCUT2D eigenvalue weighted by Gasteiger charge is -2.11. The molecule has 5 heteroatoms. The first-order chi connectivity index (χ1) is 10.7. The molecular formula is C17H21N3O2. The van der Waals surface area contributed by atoms with E-state index >= 15 is 0 Å². The minimum absolute atomic E-state index is 0.175. The van der Waals surface area contributed by atoms with Crippen molar-refractivity contribution >= 4 is 17.3 Å². The lowest BCUT2D eigenvalue weighted by molar-refractivity contribution is 0.0910. The van der Waals surface area contributed by atoms with E-state index in [1.165, 1.54) is 0 Å². The Bertz CT molecular complexity index is 585. The molecule has 0 saturated carbocycles. The molecule has 116 valence electrons. The third kappa shape index (κ3) is 4.86. The number of hydrogen-bond donors (Lipinski definition) is 3. The van der Waals surface area contributed by atoms with E-state index < -0.39 is 6.10 Å². The van der Waals surface area contributed by atoms with Gasteiger partial charge in [-0.15, -0.1) is 0 Å². The number of nitrogens with zero attached hydrogens (tertiary/aromatic N) is 1. The topological polar surface area (TPSA) is 74.2 Å². The molecule has 2 rings (SSSR count). The van der Waals surface area contributed by atoms with Gasteiger partial charge in [0.15, 0.2) is 0 Å². The lowest BCUT2D eigenvalue weighted by Crippen LogP contribution is -2.31. The number of anilines is 2. The van der Waals surface area contributed by atoms with Crippen molar-refractivity contribution < 1.29 is 9.90 Å². The number of carbonyl (C=O) groups excluding carboxylic acids is 1. The van der Waals surface area contributed by atoms with Gasteiger partial charge in [-0.1, -0.05) is 13.3 Å². The van der Waals surface area contributed by atoms with Gasteiger partial charge in [-0.05, 0) is 42.8 Å². The molecule has 0 radical (unpaired) electrons. The molecule has 1 amide bonds. The molecule has 2 aromatic rings. The van der Waals surface area contributed by atoms with E-state index in [0.29, 0.717) is 12.0 Å². The van der Waals surface area contributed by atoms with Gasteiger partial charge in [-0.25, -0.2) is 0 Å². The maximum atomic E-state index is 12.0. The molecule has 1 heterocycles. The second-order valence-corrected chi connectivity index (χ2v) is 5.09. The Morgan fingerprint density at radius 3 is 2.41 bits per heavy atom. The Labute approximate surface area is 130 Å². The van der Waals surface area contributed by atoms with Gasteiger partial charge < -0.3 is 15.7 Å². The molecule has 1 unspecified atom stereocenters. The van der Waals surface area contributed by atoms with Crippen molar-refractivity contribution in [1.29, 1.82) is 0 Å². The van der Waals surface area contributed by atoms with E-state index in [1.54, 1.807) is 24.5 Å². The van der Waals surface area contributed by atoms with Crippen molar-refractivity contribution in [3.63, 3.8) is 0 Å². The minimum atomic E-state index is -0.485. The molecule has 1 aromatic carbocycles. The number of aromatic nitrogens is 1. The Morgan fingerprint density at radius 1 is 1.14 bits per heavy atom. The van der Waals surface area contributed by atoms with Crippen molar-refractivity contribution in [2.45, 2.75) is 25.9 Å². The molecule has 0 aliphatic carbocycles. The van der Waals surface area contributed by atoms with E-state index in [9.17, 15) is 9.90 Å². The maximum absolute atomic E-state index is 12.0. The van der Waals surface area contributed by atoms with Gasteiger partial charge in [0.05, 0.1) is 6.10 Å². The average molecular weight is 299 g/mol. The van der Waals surface area contributed by atoms with Crippen molar-refractivity contribution in [3.05, 3.63) is 54.4 Å². The number of benzene rings is 1. The average Bonchev–Trinajstić information content (AvgIpc) is 2.54. The number of carbonyl (C=O) groups is 1. The van der Waals surface area contributed by atoms with Crippen LogP contribution < -0.4 is 10.6 Å². The van der Waals surface area contributed by atoms with E-state index in [0.717, 1.165) is 17.8 Å². The van der Waals surface area contributed by atoms with Crippen LogP contribution in [0.1, 0.15) is 30.1 Å². The number of nitrogens with one attached hydrogen (secondary N) is 2. The summed E-state index contributed by atoms with van der Waals surface area (Å²) in [7, 11) is 0. The fraction of sp³-hybridized carbons (Fsp3) is 0.294. The van der Waals surface area contributed by atoms with Crippen LogP contribution in [0.3, 0.4) is 0 Å². The van der Waals surface area contributed by atoms with Crippen molar-refractivity contribution in [2.75, 3.05) is 11.9 Å². The van der Waals surface area contributed by atoms with Gasteiger partial charge in [-0.3, -0.25) is 9.78 Å². The Morgan fingerprint density at radius 2 is 1.77 bits per heavy atom. The summed E-state index contributed by atoms with van der Waals surface area (Å²) in [4.78, 5) is 15.9. The molecule has 5 nitrogen and oxygen atoms in total. The van der Waals surface area contributed by atoms with Crippen LogP contribution in [0.5, 0.6) is 0 Å². The summed E-state index contributed by atoms with van der Waals surface area (Å²) in [5.41, 5.74) is 2.41. The number of pyridine rings is 1. The van der Waals surface area contributed by atoms with Crippen LogP contribution in [0.4, 0.5) is 11.4 Å². The summed E-state index contributed by atoms with van der Waals surface area (Å²) in [6, 6.07) is 10.9. The third-order valence-corrected chi connectivity index (χ3v) is 3.24. The Balaban J connectivity index is 1.89. The van der Waals surface area contributed by atoms with Gasteiger partial charge in [-0.2, -0.15) is 0 Å². The molecule has 0 fully saturated rings. The van der Waals surface area contributed by atoms with Crippen LogP contribution in [0.15, 0.2) is 48.8 Å². The highest BCUT2D eigenvalue weighted by atomic mass is 16.3. The molecule has 0 spiro atoms. The summed E-state index contributed by atoms with van der Waals surface area (Å²) in [5, 5.41) is 15.6. The van der Waals surface area contributed by atoms with E-state index in [-0.39, 0.29) is 12.5 Å². The van der Waals surface area contributed by atoms with Gasteiger partial charge in [0.25, 0.3) is 5.91 Å². The Hall–Kier alpha value is -2.40. The van der Waals surface area contributed by atoms with Crippen LogP contribution in [-0.2, 0) is 0 Å². The molecule has 3 N–H and O–H groups in total. The number of aliphatic hydroxyl groups is 1. The smallest absolute Gasteiger partial charge is 0.251 e. The molecule has 0 aliphatic rings. The highest BCUT2D eigenvalue weighted by Crippen LogP contribution is 2.16. The highest BCUT2D eigenvalue weighted by Gasteiger charge is 2.08. The number of amides is 1. The molecule has 0 aliphatic heterocycles. The highest BCUT2D eigenvalue weighted by molar-refractivity contribution is 5.94. The first-order valence-corrected chi connectivity index (χ1v) is 7.42. The Kier molecular flexibility index (Phi) is 5.91. The van der Waals surface area contributed by atoms with Crippen molar-refractivity contribution in [2.24, 2.45) is 0 Å². The quantitative estimate of drug-likeness (QED) is 0.735. The standard InChI is InChI=1S/C17H21N3O2/c1-2-3-16(21)12-19-17(22)13-4-6-14(7-5-13)20-15-8-10-18-11-9-15/h4-11,16,21H,2-3,12H2,1H3,(H,18,20)(H,19,22). The summed E-state index contributed by atoms with van der Waals surface area (Å²) in [6.07, 6.45) is 4.53. The zero-order valence-electron chi connectivity index (χ0n) is 12.6. The second-order valence-electron chi connectivity index (χ2n) is 5.09. The SMILES string of the molecule is CCCC(O)CNC(=O)c1ccc(Nc2ccncc2)cc1. The molecule has 0 saturated heterocycles. The molecule has 1 aromatic heterocycles. The second kappa shape index (κ2) is 8.14.